The summed E-state index contributed by atoms with van der Waals surface area (Å²) in [4.78, 5) is 20.0. The van der Waals surface area contributed by atoms with Crippen molar-refractivity contribution in [1.82, 2.24) is 14.3 Å². The van der Waals surface area contributed by atoms with E-state index in [2.05, 4.69) is 22.0 Å². The van der Waals surface area contributed by atoms with Crippen LogP contribution in [0.4, 0.5) is 8.78 Å². The van der Waals surface area contributed by atoms with Gasteiger partial charge in [0.15, 0.2) is 5.78 Å². The minimum absolute atomic E-state index is 0.0772. The maximum absolute atomic E-state index is 13.3. The van der Waals surface area contributed by atoms with Crippen molar-refractivity contribution in [3.63, 3.8) is 0 Å². The van der Waals surface area contributed by atoms with E-state index >= 15 is 0 Å². The summed E-state index contributed by atoms with van der Waals surface area (Å²) in [7, 11) is 1.43. The maximum atomic E-state index is 13.3. The SMILES string of the molecule is COc1cc(-c2cnc3cc(C4(CN5CCOCC5)CC4)ccn23)cc(OC(F)F)c1C(=O)CC1CC1. The Morgan fingerprint density at radius 1 is 1.19 bits per heavy atom. The first-order chi connectivity index (χ1) is 18.0. The van der Waals surface area contributed by atoms with Gasteiger partial charge in [-0.15, -0.1) is 0 Å². The van der Waals surface area contributed by atoms with Gasteiger partial charge in [0.1, 0.15) is 22.7 Å². The third-order valence-electron chi connectivity index (χ3n) is 7.86. The fraction of sp³-hybridized carbons (Fsp3) is 0.500. The van der Waals surface area contributed by atoms with Gasteiger partial charge in [0.2, 0.25) is 0 Å². The van der Waals surface area contributed by atoms with E-state index in [9.17, 15) is 13.6 Å². The van der Waals surface area contributed by atoms with E-state index in [1.165, 1.54) is 18.7 Å². The molecular formula is C28H31F2N3O4. The van der Waals surface area contributed by atoms with Gasteiger partial charge in [-0.05, 0) is 61.4 Å². The van der Waals surface area contributed by atoms with Gasteiger partial charge in [-0.3, -0.25) is 14.1 Å². The molecule has 3 aromatic rings. The molecule has 0 unspecified atom stereocenters. The number of ketones is 1. The summed E-state index contributed by atoms with van der Waals surface area (Å²) < 4.78 is 44.4. The molecular weight excluding hydrogens is 480 g/mol. The predicted molar refractivity (Wildman–Crippen MR) is 134 cm³/mol. The summed E-state index contributed by atoms with van der Waals surface area (Å²) in [6.07, 6.45) is 8.27. The monoisotopic (exact) mass is 511 g/mol. The molecule has 37 heavy (non-hydrogen) atoms. The molecule has 1 saturated heterocycles. The van der Waals surface area contributed by atoms with Crippen molar-refractivity contribution in [3.05, 3.63) is 47.8 Å². The third-order valence-corrected chi connectivity index (χ3v) is 7.86. The molecule has 1 aliphatic heterocycles. The van der Waals surface area contributed by atoms with Crippen molar-refractivity contribution >= 4 is 11.4 Å². The summed E-state index contributed by atoms with van der Waals surface area (Å²) in [5, 5.41) is 0. The number of imidazole rings is 1. The van der Waals surface area contributed by atoms with Crippen molar-refractivity contribution in [2.24, 2.45) is 5.92 Å². The van der Waals surface area contributed by atoms with Crippen LogP contribution >= 0.6 is 0 Å². The van der Waals surface area contributed by atoms with Gasteiger partial charge in [0, 0.05) is 43.2 Å². The fourth-order valence-electron chi connectivity index (χ4n) is 5.45. The molecule has 9 heteroatoms. The molecule has 3 heterocycles. The Morgan fingerprint density at radius 2 is 1.95 bits per heavy atom. The zero-order valence-corrected chi connectivity index (χ0v) is 20.9. The average Bonchev–Trinajstić information content (AvgIpc) is 3.82. The number of methoxy groups -OCH3 is 1. The van der Waals surface area contributed by atoms with E-state index in [4.69, 9.17) is 14.2 Å². The second-order valence-electron chi connectivity index (χ2n) is 10.5. The highest BCUT2D eigenvalue weighted by atomic mass is 19.3. The number of Topliss-reactive ketones (excluding diaryl/α,β-unsaturated/α-hetero) is 1. The number of hydrogen-bond acceptors (Lipinski definition) is 6. The number of aromatic nitrogens is 2. The van der Waals surface area contributed by atoms with Gasteiger partial charge in [-0.2, -0.15) is 8.78 Å². The number of fused-ring (bicyclic) bond motifs is 1. The van der Waals surface area contributed by atoms with Gasteiger partial charge < -0.3 is 14.2 Å². The van der Waals surface area contributed by atoms with Crippen LogP contribution in [-0.2, 0) is 10.2 Å². The Balaban J connectivity index is 1.33. The van der Waals surface area contributed by atoms with Gasteiger partial charge in [-0.1, -0.05) is 0 Å². The van der Waals surface area contributed by atoms with Crippen LogP contribution in [0.3, 0.4) is 0 Å². The second-order valence-corrected chi connectivity index (χ2v) is 10.5. The molecule has 0 N–H and O–H groups in total. The molecule has 2 aliphatic carbocycles. The zero-order valence-electron chi connectivity index (χ0n) is 20.9. The summed E-state index contributed by atoms with van der Waals surface area (Å²) in [5.41, 5.74) is 3.57. The Kier molecular flexibility index (Phi) is 6.36. The minimum atomic E-state index is -3.06. The molecule has 0 bridgehead atoms. The highest BCUT2D eigenvalue weighted by Crippen LogP contribution is 2.49. The number of carbonyl (C=O) groups excluding carboxylic acids is 1. The minimum Gasteiger partial charge on any atom is -0.496 e. The highest BCUT2D eigenvalue weighted by Gasteiger charge is 2.45. The summed E-state index contributed by atoms with van der Waals surface area (Å²) in [6, 6.07) is 7.45. The van der Waals surface area contributed by atoms with E-state index in [-0.39, 0.29) is 28.3 Å². The highest BCUT2D eigenvalue weighted by molar-refractivity contribution is 6.02. The van der Waals surface area contributed by atoms with Crippen molar-refractivity contribution in [1.29, 1.82) is 0 Å². The molecule has 196 valence electrons. The zero-order chi connectivity index (χ0) is 25.6. The van der Waals surface area contributed by atoms with Gasteiger partial charge in [-0.25, -0.2) is 4.98 Å². The molecule has 2 saturated carbocycles. The van der Waals surface area contributed by atoms with Crippen molar-refractivity contribution in [3.8, 4) is 22.8 Å². The van der Waals surface area contributed by atoms with E-state index in [1.54, 1.807) is 12.3 Å². The summed E-state index contributed by atoms with van der Waals surface area (Å²) in [5.74, 6) is 0.137. The molecule has 3 aliphatic rings. The topological polar surface area (TPSA) is 65.3 Å². The summed E-state index contributed by atoms with van der Waals surface area (Å²) in [6.45, 7) is 1.44. The number of benzene rings is 1. The van der Waals surface area contributed by atoms with Gasteiger partial charge in [0.25, 0.3) is 0 Å². The average molecular weight is 512 g/mol. The first-order valence-electron chi connectivity index (χ1n) is 12.9. The van der Waals surface area contributed by atoms with Crippen molar-refractivity contribution < 1.29 is 27.8 Å². The molecule has 0 spiro atoms. The second kappa shape index (κ2) is 9.68. The molecule has 7 nitrogen and oxygen atoms in total. The largest absolute Gasteiger partial charge is 0.496 e. The van der Waals surface area contributed by atoms with E-state index in [0.29, 0.717) is 23.6 Å². The lowest BCUT2D eigenvalue weighted by Crippen LogP contribution is -2.41. The fourth-order valence-corrected chi connectivity index (χ4v) is 5.45. The Bertz CT molecular complexity index is 1310. The van der Waals surface area contributed by atoms with Crippen LogP contribution in [0.15, 0.2) is 36.7 Å². The van der Waals surface area contributed by atoms with Gasteiger partial charge in [0.05, 0.1) is 32.2 Å². The van der Waals surface area contributed by atoms with E-state index < -0.39 is 6.61 Å². The molecule has 0 radical (unpaired) electrons. The smallest absolute Gasteiger partial charge is 0.387 e. The van der Waals surface area contributed by atoms with E-state index in [1.807, 2.05) is 10.6 Å². The van der Waals surface area contributed by atoms with E-state index in [0.717, 1.165) is 64.2 Å². The Hall–Kier alpha value is -3.04. The first kappa shape index (κ1) is 24.3. The first-order valence-corrected chi connectivity index (χ1v) is 12.9. The molecule has 2 aromatic heterocycles. The molecule has 3 fully saturated rings. The lowest BCUT2D eigenvalue weighted by atomic mass is 9.96. The quantitative estimate of drug-likeness (QED) is 0.359. The molecule has 6 rings (SSSR count). The van der Waals surface area contributed by atoms with Crippen LogP contribution in [0, 0.1) is 5.92 Å². The summed E-state index contributed by atoms with van der Waals surface area (Å²) >= 11 is 0. The number of pyridine rings is 1. The van der Waals surface area contributed by atoms with Crippen LogP contribution in [-0.4, -0.2) is 66.6 Å². The van der Waals surface area contributed by atoms with Crippen LogP contribution in [0.25, 0.3) is 16.9 Å². The third kappa shape index (κ3) is 4.94. The normalized spacial score (nSPS) is 19.4. The van der Waals surface area contributed by atoms with Crippen LogP contribution < -0.4 is 9.47 Å². The van der Waals surface area contributed by atoms with Crippen LogP contribution in [0.2, 0.25) is 0 Å². The number of ether oxygens (including phenoxy) is 3. The Labute approximate surface area is 214 Å². The standard InChI is InChI=1S/C28H31F2N3O4/c1-35-23-13-19(14-24(37-27(29)30)26(23)22(34)12-18-2-3-18)21-16-31-25-15-20(4-7-33(21)25)28(5-6-28)17-32-8-10-36-11-9-32/h4,7,13-16,18,27H,2-3,5-6,8-12,17H2,1H3. The molecule has 0 amide bonds. The lowest BCUT2D eigenvalue weighted by molar-refractivity contribution is -0.0502. The number of carbonyl (C=O) groups is 1. The molecule has 0 atom stereocenters. The number of rotatable bonds is 10. The Morgan fingerprint density at radius 3 is 2.62 bits per heavy atom. The maximum Gasteiger partial charge on any atom is 0.387 e. The number of nitrogens with zero attached hydrogens (tertiary/aromatic N) is 3. The predicted octanol–water partition coefficient (Wildman–Crippen LogP) is 4.96. The number of morpholine rings is 1. The van der Waals surface area contributed by atoms with Crippen molar-refractivity contribution in [2.45, 2.75) is 44.1 Å². The van der Waals surface area contributed by atoms with Crippen LogP contribution in [0.5, 0.6) is 11.5 Å². The number of halogens is 2. The molecule has 1 aromatic carbocycles. The van der Waals surface area contributed by atoms with Crippen molar-refractivity contribution in [2.75, 3.05) is 40.0 Å². The lowest BCUT2D eigenvalue weighted by Gasteiger charge is -2.30. The number of alkyl halides is 2. The van der Waals surface area contributed by atoms with Crippen LogP contribution in [0.1, 0.15) is 48.0 Å². The van der Waals surface area contributed by atoms with Gasteiger partial charge >= 0.3 is 6.61 Å². The number of hydrogen-bond donors (Lipinski definition) is 0.